The maximum atomic E-state index is 13.3. The third kappa shape index (κ3) is 3.14. The molecule has 4 fully saturated rings. The number of carbonyl (C=O) groups is 2. The van der Waals surface area contributed by atoms with Crippen molar-refractivity contribution in [2.75, 3.05) is 6.61 Å². The molecule has 2 amide bonds. The van der Waals surface area contributed by atoms with Crippen LogP contribution in [0.5, 0.6) is 5.75 Å². The van der Waals surface area contributed by atoms with Gasteiger partial charge in [0.2, 0.25) is 5.91 Å². The molecule has 1 aromatic rings. The minimum Gasteiger partial charge on any atom is -0.484 e. The van der Waals surface area contributed by atoms with Crippen molar-refractivity contribution in [2.24, 2.45) is 0 Å². The number of benzene rings is 1. The molecule has 6 nitrogen and oxygen atoms in total. The largest absolute Gasteiger partial charge is 0.484 e. The summed E-state index contributed by atoms with van der Waals surface area (Å²) in [5.41, 5.74) is -0.398. The summed E-state index contributed by atoms with van der Waals surface area (Å²) in [6.45, 7) is 1.86. The van der Waals surface area contributed by atoms with Gasteiger partial charge in [-0.2, -0.15) is 0 Å². The molecule has 0 aromatic heterocycles. The van der Waals surface area contributed by atoms with Crippen LogP contribution in [0.3, 0.4) is 0 Å². The fourth-order valence-corrected chi connectivity index (χ4v) is 4.42. The van der Waals surface area contributed by atoms with Crippen LogP contribution in [0.25, 0.3) is 0 Å². The van der Waals surface area contributed by atoms with E-state index in [2.05, 4.69) is 22.9 Å². The molecule has 0 radical (unpaired) electrons. The Kier molecular flexibility index (Phi) is 4.11. The minimum atomic E-state index is -0.586. The average molecular weight is 382 g/mol. The summed E-state index contributed by atoms with van der Waals surface area (Å²) in [5.74, 6) is -0.534. The Hall–Kier alpha value is -1.86. The number of halogens is 2. The molecule has 1 saturated heterocycles. The smallest absolute Gasteiger partial charge is 0.258 e. The van der Waals surface area contributed by atoms with Gasteiger partial charge in [-0.25, -0.2) is 4.39 Å². The van der Waals surface area contributed by atoms with Crippen molar-refractivity contribution in [1.82, 2.24) is 16.0 Å². The monoisotopic (exact) mass is 381 g/mol. The average Bonchev–Trinajstić information content (AvgIpc) is 2.49. The standard InChI is InChI=1S/C18H21ClFN3O3/c1-10-4-14(21-10)16(25)23-18-7-17(8-18,9-18)22-15(24)6-26-11-2-3-12(19)13(20)5-11/h2-3,5,10,14,21H,4,6-9H2,1H3,(H,22,24)(H,23,25). The molecule has 4 aliphatic rings. The molecule has 2 unspecified atom stereocenters. The van der Waals surface area contributed by atoms with Crippen LogP contribution in [0, 0.1) is 5.82 Å². The maximum absolute atomic E-state index is 13.3. The molecule has 1 aromatic carbocycles. The summed E-state index contributed by atoms with van der Waals surface area (Å²) in [4.78, 5) is 24.2. The van der Waals surface area contributed by atoms with Crippen molar-refractivity contribution in [2.45, 2.75) is 55.8 Å². The topological polar surface area (TPSA) is 79.5 Å². The molecular weight excluding hydrogens is 361 g/mol. The third-order valence-corrected chi connectivity index (χ3v) is 5.78. The number of hydrogen-bond donors (Lipinski definition) is 3. The lowest BCUT2D eigenvalue weighted by Crippen LogP contribution is -2.84. The molecule has 0 spiro atoms. The van der Waals surface area contributed by atoms with Gasteiger partial charge in [0.05, 0.1) is 11.1 Å². The SMILES string of the molecule is CC1CC(C(=O)NC23CC(NC(=O)COc4ccc(Cl)c(F)c4)(C2)C3)N1. The van der Waals surface area contributed by atoms with Gasteiger partial charge in [0.1, 0.15) is 11.6 Å². The summed E-state index contributed by atoms with van der Waals surface area (Å²) < 4.78 is 18.6. The van der Waals surface area contributed by atoms with Gasteiger partial charge >= 0.3 is 0 Å². The van der Waals surface area contributed by atoms with Gasteiger partial charge in [0.25, 0.3) is 5.91 Å². The van der Waals surface area contributed by atoms with Gasteiger partial charge in [-0.05, 0) is 44.7 Å². The summed E-state index contributed by atoms with van der Waals surface area (Å²) >= 11 is 5.61. The summed E-state index contributed by atoms with van der Waals surface area (Å²) in [6, 6.07) is 4.36. The Balaban J connectivity index is 1.20. The van der Waals surface area contributed by atoms with Crippen molar-refractivity contribution in [3.05, 3.63) is 29.0 Å². The van der Waals surface area contributed by atoms with E-state index in [0.717, 1.165) is 31.7 Å². The van der Waals surface area contributed by atoms with Crippen LogP contribution < -0.4 is 20.7 Å². The van der Waals surface area contributed by atoms with E-state index in [1.165, 1.54) is 12.1 Å². The Morgan fingerprint density at radius 2 is 1.96 bits per heavy atom. The van der Waals surface area contributed by atoms with Crippen LogP contribution in [0.1, 0.15) is 32.6 Å². The molecule has 3 saturated carbocycles. The molecule has 8 heteroatoms. The van der Waals surface area contributed by atoms with E-state index >= 15 is 0 Å². The Bertz CT molecular complexity index is 746. The second-order valence-corrected chi connectivity index (χ2v) is 8.26. The lowest BCUT2D eigenvalue weighted by atomic mass is 9.44. The van der Waals surface area contributed by atoms with Crippen molar-refractivity contribution in [1.29, 1.82) is 0 Å². The summed E-state index contributed by atoms with van der Waals surface area (Å²) in [5, 5.41) is 9.26. The molecule has 2 atom stereocenters. The van der Waals surface area contributed by atoms with E-state index in [0.29, 0.717) is 6.04 Å². The van der Waals surface area contributed by atoms with Crippen LogP contribution >= 0.6 is 11.6 Å². The second-order valence-electron chi connectivity index (χ2n) is 7.85. The zero-order chi connectivity index (χ0) is 18.5. The van der Waals surface area contributed by atoms with E-state index < -0.39 is 5.82 Å². The highest BCUT2D eigenvalue weighted by Gasteiger charge is 2.69. The molecule has 3 aliphatic carbocycles. The van der Waals surface area contributed by atoms with Crippen LogP contribution in [-0.4, -0.2) is 41.6 Å². The molecule has 1 heterocycles. The Morgan fingerprint density at radius 3 is 2.58 bits per heavy atom. The van der Waals surface area contributed by atoms with Crippen LogP contribution in [0.2, 0.25) is 5.02 Å². The van der Waals surface area contributed by atoms with E-state index in [1.807, 2.05) is 0 Å². The number of ether oxygens (including phenoxy) is 1. The Morgan fingerprint density at radius 1 is 1.31 bits per heavy atom. The number of amides is 2. The van der Waals surface area contributed by atoms with E-state index in [4.69, 9.17) is 16.3 Å². The van der Waals surface area contributed by atoms with Crippen molar-refractivity contribution >= 4 is 23.4 Å². The predicted molar refractivity (Wildman–Crippen MR) is 93.5 cm³/mol. The molecule has 5 rings (SSSR count). The molecular formula is C18H21ClFN3O3. The first-order chi connectivity index (χ1) is 12.3. The van der Waals surface area contributed by atoms with Crippen LogP contribution in [0.15, 0.2) is 18.2 Å². The normalized spacial score (nSPS) is 34.0. The molecule has 140 valence electrons. The first-order valence-electron chi connectivity index (χ1n) is 8.75. The van der Waals surface area contributed by atoms with Crippen molar-refractivity contribution < 1.29 is 18.7 Å². The summed E-state index contributed by atoms with van der Waals surface area (Å²) in [6.07, 6.45) is 3.10. The zero-order valence-corrected chi connectivity index (χ0v) is 15.2. The lowest BCUT2D eigenvalue weighted by molar-refractivity contribution is -0.152. The molecule has 26 heavy (non-hydrogen) atoms. The highest BCUT2D eigenvalue weighted by atomic mass is 35.5. The van der Waals surface area contributed by atoms with Gasteiger partial charge in [0.15, 0.2) is 6.61 Å². The molecule has 2 bridgehead atoms. The van der Waals surface area contributed by atoms with Gasteiger partial charge in [-0.15, -0.1) is 0 Å². The summed E-state index contributed by atoms with van der Waals surface area (Å²) in [7, 11) is 0. The highest BCUT2D eigenvalue weighted by Crippen LogP contribution is 2.60. The number of rotatable bonds is 6. The number of carbonyl (C=O) groups excluding carboxylic acids is 2. The van der Waals surface area contributed by atoms with Gasteiger partial charge in [-0.3, -0.25) is 9.59 Å². The first-order valence-corrected chi connectivity index (χ1v) is 9.13. The third-order valence-electron chi connectivity index (χ3n) is 5.48. The van der Waals surface area contributed by atoms with Crippen molar-refractivity contribution in [3.8, 4) is 5.75 Å². The molecule has 1 aliphatic heterocycles. The van der Waals surface area contributed by atoms with E-state index in [-0.39, 0.29) is 46.3 Å². The van der Waals surface area contributed by atoms with Gasteiger partial charge in [-0.1, -0.05) is 11.6 Å². The Labute approximate surface area is 155 Å². The van der Waals surface area contributed by atoms with Gasteiger partial charge in [0, 0.05) is 23.2 Å². The quantitative estimate of drug-likeness (QED) is 0.698. The second kappa shape index (κ2) is 6.09. The zero-order valence-electron chi connectivity index (χ0n) is 14.4. The van der Waals surface area contributed by atoms with Gasteiger partial charge < -0.3 is 20.7 Å². The fourth-order valence-electron chi connectivity index (χ4n) is 4.30. The fraction of sp³-hybridized carbons (Fsp3) is 0.556. The highest BCUT2D eigenvalue weighted by molar-refractivity contribution is 6.30. The maximum Gasteiger partial charge on any atom is 0.258 e. The van der Waals surface area contributed by atoms with E-state index in [1.54, 1.807) is 0 Å². The minimum absolute atomic E-state index is 0.00886. The van der Waals surface area contributed by atoms with E-state index in [9.17, 15) is 14.0 Å². The molecule has 3 N–H and O–H groups in total. The first kappa shape index (κ1) is 17.5. The predicted octanol–water partition coefficient (Wildman–Crippen LogP) is 1.52. The van der Waals surface area contributed by atoms with Crippen LogP contribution in [0.4, 0.5) is 4.39 Å². The number of nitrogens with one attached hydrogen (secondary N) is 3. The van der Waals surface area contributed by atoms with Crippen molar-refractivity contribution in [3.63, 3.8) is 0 Å². The number of hydrogen-bond acceptors (Lipinski definition) is 4. The van der Waals surface area contributed by atoms with Crippen LogP contribution in [-0.2, 0) is 9.59 Å². The lowest BCUT2D eigenvalue weighted by Gasteiger charge is -2.70.